The third kappa shape index (κ3) is 2.41. The average Bonchev–Trinajstić information content (AvgIpc) is 2.40. The van der Waals surface area contributed by atoms with E-state index in [-0.39, 0.29) is 11.4 Å². The molecule has 0 bridgehead atoms. The van der Waals surface area contributed by atoms with Gasteiger partial charge in [0.15, 0.2) is 11.4 Å². The number of benzene rings is 1. The molecule has 2 rings (SSSR count). The van der Waals surface area contributed by atoms with Crippen LogP contribution in [0.1, 0.15) is 5.69 Å². The standard InChI is InChI=1S/C12H7N3O3/c13-8-11-12(2-1-7-14-11)18-10-5-3-9(4-6-10)15(16)17/h1-7H. The summed E-state index contributed by atoms with van der Waals surface area (Å²) in [5.41, 5.74) is 0.143. The second kappa shape index (κ2) is 4.93. The first kappa shape index (κ1) is 11.5. The molecule has 2 aromatic rings. The molecule has 0 amide bonds. The summed E-state index contributed by atoms with van der Waals surface area (Å²) in [5.74, 6) is 0.721. The molecule has 0 saturated carbocycles. The van der Waals surface area contributed by atoms with Gasteiger partial charge in [0.25, 0.3) is 5.69 Å². The fourth-order valence-corrected chi connectivity index (χ4v) is 1.32. The lowest BCUT2D eigenvalue weighted by Crippen LogP contribution is -1.91. The number of rotatable bonds is 3. The molecule has 0 atom stereocenters. The number of nitro groups is 1. The van der Waals surface area contributed by atoms with Crippen LogP contribution in [0.25, 0.3) is 0 Å². The summed E-state index contributed by atoms with van der Waals surface area (Å²) in [6.07, 6.45) is 1.49. The number of nitro benzene ring substituents is 1. The van der Waals surface area contributed by atoms with Crippen molar-refractivity contribution in [2.75, 3.05) is 0 Å². The van der Waals surface area contributed by atoms with Crippen molar-refractivity contribution in [3.63, 3.8) is 0 Å². The van der Waals surface area contributed by atoms with Crippen LogP contribution in [0.15, 0.2) is 42.6 Å². The Morgan fingerprint density at radius 1 is 1.28 bits per heavy atom. The van der Waals surface area contributed by atoms with Crippen LogP contribution in [-0.2, 0) is 0 Å². The van der Waals surface area contributed by atoms with Gasteiger partial charge in [-0.1, -0.05) is 0 Å². The maximum absolute atomic E-state index is 10.5. The fraction of sp³-hybridized carbons (Fsp3) is 0. The van der Waals surface area contributed by atoms with Gasteiger partial charge in [-0.05, 0) is 24.3 Å². The van der Waals surface area contributed by atoms with E-state index in [0.29, 0.717) is 11.5 Å². The molecular formula is C12H7N3O3. The molecule has 0 aliphatic rings. The Labute approximate surface area is 102 Å². The number of aromatic nitrogens is 1. The van der Waals surface area contributed by atoms with Crippen LogP contribution in [0.5, 0.6) is 11.5 Å². The number of nitriles is 1. The van der Waals surface area contributed by atoms with Gasteiger partial charge in [0.2, 0.25) is 0 Å². The van der Waals surface area contributed by atoms with Gasteiger partial charge < -0.3 is 4.74 Å². The largest absolute Gasteiger partial charge is 0.454 e. The minimum Gasteiger partial charge on any atom is -0.454 e. The van der Waals surface area contributed by atoms with E-state index < -0.39 is 4.92 Å². The van der Waals surface area contributed by atoms with Gasteiger partial charge in [-0.25, -0.2) is 4.98 Å². The monoisotopic (exact) mass is 241 g/mol. The zero-order valence-electron chi connectivity index (χ0n) is 9.11. The topological polar surface area (TPSA) is 89.0 Å². The normalized spacial score (nSPS) is 9.50. The zero-order valence-corrected chi connectivity index (χ0v) is 9.11. The summed E-state index contributed by atoms with van der Waals surface area (Å²) in [6, 6.07) is 10.7. The van der Waals surface area contributed by atoms with Crippen LogP contribution in [-0.4, -0.2) is 9.91 Å². The van der Waals surface area contributed by atoms with Crippen LogP contribution < -0.4 is 4.74 Å². The molecule has 1 aromatic heterocycles. The Morgan fingerprint density at radius 2 is 2.00 bits per heavy atom. The van der Waals surface area contributed by atoms with E-state index in [9.17, 15) is 10.1 Å². The first-order chi connectivity index (χ1) is 8.70. The number of ether oxygens (including phenoxy) is 1. The Kier molecular flexibility index (Phi) is 3.16. The predicted octanol–water partition coefficient (Wildman–Crippen LogP) is 2.65. The Balaban J connectivity index is 2.24. The molecule has 88 valence electrons. The van der Waals surface area contributed by atoms with Gasteiger partial charge >= 0.3 is 0 Å². The lowest BCUT2D eigenvalue weighted by molar-refractivity contribution is -0.384. The van der Waals surface area contributed by atoms with Crippen molar-refractivity contribution in [2.45, 2.75) is 0 Å². The third-order valence-corrected chi connectivity index (χ3v) is 2.15. The summed E-state index contributed by atoms with van der Waals surface area (Å²) < 4.78 is 5.43. The van der Waals surface area contributed by atoms with Crippen LogP contribution in [0, 0.1) is 21.4 Å². The highest BCUT2D eigenvalue weighted by molar-refractivity contribution is 5.42. The van der Waals surface area contributed by atoms with Crippen LogP contribution in [0.2, 0.25) is 0 Å². The summed E-state index contributed by atoms with van der Waals surface area (Å²) in [4.78, 5) is 13.8. The summed E-state index contributed by atoms with van der Waals surface area (Å²) in [5, 5.41) is 19.3. The molecule has 1 heterocycles. The van der Waals surface area contributed by atoms with Crippen molar-refractivity contribution in [3.05, 3.63) is 58.4 Å². The molecule has 0 unspecified atom stereocenters. The van der Waals surface area contributed by atoms with Gasteiger partial charge in [0, 0.05) is 18.3 Å². The van der Waals surface area contributed by atoms with Crippen molar-refractivity contribution in [2.24, 2.45) is 0 Å². The van der Waals surface area contributed by atoms with E-state index in [2.05, 4.69) is 4.98 Å². The van der Waals surface area contributed by atoms with E-state index in [4.69, 9.17) is 10.00 Å². The molecule has 6 heteroatoms. The highest BCUT2D eigenvalue weighted by Gasteiger charge is 2.07. The molecule has 0 aliphatic heterocycles. The zero-order chi connectivity index (χ0) is 13.0. The molecule has 0 radical (unpaired) electrons. The molecule has 6 nitrogen and oxygen atoms in total. The molecule has 1 aromatic carbocycles. The van der Waals surface area contributed by atoms with Gasteiger partial charge in [-0.2, -0.15) is 5.26 Å². The summed E-state index contributed by atoms with van der Waals surface area (Å²) in [7, 11) is 0. The molecule has 0 fully saturated rings. The highest BCUT2D eigenvalue weighted by Crippen LogP contribution is 2.25. The second-order valence-electron chi connectivity index (χ2n) is 3.32. The SMILES string of the molecule is N#Cc1ncccc1Oc1ccc([N+](=O)[O-])cc1. The maximum Gasteiger partial charge on any atom is 0.269 e. The van der Waals surface area contributed by atoms with E-state index in [1.54, 1.807) is 12.1 Å². The Bertz CT molecular complexity index is 617. The number of hydrogen-bond acceptors (Lipinski definition) is 5. The smallest absolute Gasteiger partial charge is 0.269 e. The van der Waals surface area contributed by atoms with Crippen molar-refractivity contribution >= 4 is 5.69 Å². The number of non-ortho nitro benzene ring substituents is 1. The van der Waals surface area contributed by atoms with Crippen molar-refractivity contribution in [3.8, 4) is 17.6 Å². The third-order valence-electron chi connectivity index (χ3n) is 2.15. The first-order valence-corrected chi connectivity index (χ1v) is 4.98. The van der Waals surface area contributed by atoms with Crippen LogP contribution in [0.3, 0.4) is 0 Å². The van der Waals surface area contributed by atoms with Gasteiger partial charge in [-0.15, -0.1) is 0 Å². The molecular weight excluding hydrogens is 234 g/mol. The number of nitrogens with zero attached hydrogens (tertiary/aromatic N) is 3. The second-order valence-corrected chi connectivity index (χ2v) is 3.32. The van der Waals surface area contributed by atoms with E-state index >= 15 is 0 Å². The van der Waals surface area contributed by atoms with E-state index in [1.165, 1.54) is 30.5 Å². The van der Waals surface area contributed by atoms with Crippen molar-refractivity contribution in [1.29, 1.82) is 5.26 Å². The summed E-state index contributed by atoms with van der Waals surface area (Å²) >= 11 is 0. The Hall–Kier alpha value is -2.94. The van der Waals surface area contributed by atoms with Gasteiger partial charge in [0.05, 0.1) is 4.92 Å². The molecule has 0 saturated heterocycles. The lowest BCUT2D eigenvalue weighted by atomic mass is 10.3. The molecule has 0 spiro atoms. The average molecular weight is 241 g/mol. The summed E-state index contributed by atoms with van der Waals surface area (Å²) in [6.45, 7) is 0. The highest BCUT2D eigenvalue weighted by atomic mass is 16.6. The minimum atomic E-state index is -0.492. The quantitative estimate of drug-likeness (QED) is 0.608. The molecule has 0 N–H and O–H groups in total. The maximum atomic E-state index is 10.5. The Morgan fingerprint density at radius 3 is 2.61 bits per heavy atom. The van der Waals surface area contributed by atoms with Gasteiger partial charge in [-0.3, -0.25) is 10.1 Å². The van der Waals surface area contributed by atoms with E-state index in [0.717, 1.165) is 0 Å². The lowest BCUT2D eigenvalue weighted by Gasteiger charge is -2.05. The number of hydrogen-bond donors (Lipinski definition) is 0. The first-order valence-electron chi connectivity index (χ1n) is 4.98. The van der Waals surface area contributed by atoms with Crippen molar-refractivity contribution in [1.82, 2.24) is 4.98 Å². The fourth-order valence-electron chi connectivity index (χ4n) is 1.32. The van der Waals surface area contributed by atoms with Crippen LogP contribution >= 0.6 is 0 Å². The van der Waals surface area contributed by atoms with Crippen molar-refractivity contribution < 1.29 is 9.66 Å². The molecule has 18 heavy (non-hydrogen) atoms. The van der Waals surface area contributed by atoms with E-state index in [1.807, 2.05) is 6.07 Å². The van der Waals surface area contributed by atoms with Crippen LogP contribution in [0.4, 0.5) is 5.69 Å². The van der Waals surface area contributed by atoms with Gasteiger partial charge in [0.1, 0.15) is 11.8 Å². The number of pyridine rings is 1. The predicted molar refractivity (Wildman–Crippen MR) is 62.1 cm³/mol. The molecule has 0 aliphatic carbocycles. The minimum absolute atomic E-state index is 0.0194.